The lowest BCUT2D eigenvalue weighted by molar-refractivity contribution is -0.153. The Morgan fingerprint density at radius 2 is 1.76 bits per heavy atom. The number of nitrogens with zero attached hydrogens (tertiary/aromatic N) is 2. The number of carbonyl (C=O) groups excluding carboxylic acids is 1. The van der Waals surface area contributed by atoms with E-state index in [4.69, 9.17) is 23.9 Å². The van der Waals surface area contributed by atoms with Crippen LogP contribution < -0.4 is 14.2 Å². The molecule has 0 radical (unpaired) electrons. The van der Waals surface area contributed by atoms with Crippen molar-refractivity contribution in [2.75, 3.05) is 13.9 Å². The van der Waals surface area contributed by atoms with E-state index in [0.29, 0.717) is 42.0 Å². The molecule has 1 aliphatic carbocycles. The van der Waals surface area contributed by atoms with Crippen LogP contribution in [0, 0.1) is 11.3 Å². The van der Waals surface area contributed by atoms with Gasteiger partial charge in [-0.1, -0.05) is 43.3 Å². The predicted octanol–water partition coefficient (Wildman–Crippen LogP) is 7.43. The highest BCUT2D eigenvalue weighted by Crippen LogP contribution is 2.61. The average molecular weight is 619 g/mol. The minimum absolute atomic E-state index is 0.0634. The number of benzene rings is 3. The van der Waals surface area contributed by atoms with Gasteiger partial charge in [0.2, 0.25) is 12.7 Å². The summed E-state index contributed by atoms with van der Waals surface area (Å²) < 4.78 is 63.4. The predicted molar refractivity (Wildman–Crippen MR) is 160 cm³/mol. The van der Waals surface area contributed by atoms with Crippen molar-refractivity contribution in [2.24, 2.45) is 16.3 Å². The van der Waals surface area contributed by atoms with Gasteiger partial charge >= 0.3 is 6.18 Å². The fourth-order valence-corrected chi connectivity index (χ4v) is 7.52. The summed E-state index contributed by atoms with van der Waals surface area (Å²) in [5, 5.41) is 0. The zero-order valence-electron chi connectivity index (χ0n) is 25.0. The molecule has 2 bridgehead atoms. The fraction of sp³-hybridized carbons (Fsp3) is 0.371. The number of hydrogen-bond donors (Lipinski definition) is 0. The van der Waals surface area contributed by atoms with Gasteiger partial charge < -0.3 is 23.8 Å². The molecular weight excluding hydrogens is 585 g/mol. The smallest absolute Gasteiger partial charge is 0.416 e. The summed E-state index contributed by atoms with van der Waals surface area (Å²) in [4.78, 5) is 21.7. The average Bonchev–Trinajstić information content (AvgIpc) is 3.69. The molecule has 5 atom stereocenters. The first-order chi connectivity index (χ1) is 21.6. The Hall–Kier alpha value is -4.31. The number of hydrogen-bond acceptors (Lipinski definition) is 6. The zero-order valence-corrected chi connectivity index (χ0v) is 25.0. The summed E-state index contributed by atoms with van der Waals surface area (Å²) >= 11 is 0. The van der Waals surface area contributed by atoms with Gasteiger partial charge in [0, 0.05) is 18.5 Å². The zero-order chi connectivity index (χ0) is 31.6. The van der Waals surface area contributed by atoms with E-state index in [0.717, 1.165) is 29.0 Å². The Bertz CT molecular complexity index is 1670. The number of halogens is 3. The van der Waals surface area contributed by atoms with Gasteiger partial charge in [0.15, 0.2) is 23.5 Å². The number of alkyl halides is 3. The largest absolute Gasteiger partial charge is 0.497 e. The molecule has 234 valence electrons. The Kier molecular flexibility index (Phi) is 6.96. The number of aliphatic imine (C=N–C) groups is 1. The monoisotopic (exact) mass is 618 g/mol. The van der Waals surface area contributed by atoms with Crippen LogP contribution in [0.5, 0.6) is 17.2 Å². The van der Waals surface area contributed by atoms with Gasteiger partial charge in [0.05, 0.1) is 23.8 Å². The molecule has 45 heavy (non-hydrogen) atoms. The van der Waals surface area contributed by atoms with E-state index in [1.165, 1.54) is 12.1 Å². The first-order valence-corrected chi connectivity index (χ1v) is 15.0. The molecule has 3 aromatic carbocycles. The second-order valence-corrected chi connectivity index (χ2v) is 12.2. The lowest BCUT2D eigenvalue weighted by Gasteiger charge is -2.40. The highest BCUT2D eigenvalue weighted by Gasteiger charge is 2.68. The lowest BCUT2D eigenvalue weighted by Crippen LogP contribution is -2.52. The van der Waals surface area contributed by atoms with Crippen molar-refractivity contribution < 1.29 is 36.9 Å². The van der Waals surface area contributed by atoms with Crippen LogP contribution in [0.25, 0.3) is 0 Å². The van der Waals surface area contributed by atoms with Crippen LogP contribution in [0.3, 0.4) is 0 Å². The van der Waals surface area contributed by atoms with E-state index in [1.54, 1.807) is 18.1 Å². The molecule has 3 aromatic rings. The Morgan fingerprint density at radius 3 is 2.44 bits per heavy atom. The van der Waals surface area contributed by atoms with Crippen LogP contribution in [0.4, 0.5) is 13.2 Å². The molecule has 4 aliphatic rings. The van der Waals surface area contributed by atoms with Crippen LogP contribution in [0.15, 0.2) is 84.4 Å². The van der Waals surface area contributed by atoms with Gasteiger partial charge in [-0.3, -0.25) is 9.79 Å². The number of methoxy groups -OCH3 is 1. The van der Waals surface area contributed by atoms with Gasteiger partial charge in [0.25, 0.3) is 0 Å². The van der Waals surface area contributed by atoms with Crippen LogP contribution in [0.1, 0.15) is 60.6 Å². The summed E-state index contributed by atoms with van der Waals surface area (Å²) in [6, 6.07) is 18.3. The second kappa shape index (κ2) is 10.7. The third-order valence-electron chi connectivity index (χ3n) is 9.93. The maximum atomic E-state index is 14.9. The summed E-state index contributed by atoms with van der Waals surface area (Å²) in [5.41, 5.74) is 0.283. The second-order valence-electron chi connectivity index (χ2n) is 12.2. The number of ether oxygens (including phenoxy) is 4. The highest BCUT2D eigenvalue weighted by atomic mass is 19.4. The summed E-state index contributed by atoms with van der Waals surface area (Å²) in [7, 11) is 1.62. The Morgan fingerprint density at radius 1 is 1.04 bits per heavy atom. The van der Waals surface area contributed by atoms with E-state index >= 15 is 0 Å². The third-order valence-corrected chi connectivity index (χ3v) is 9.93. The van der Waals surface area contributed by atoms with Crippen molar-refractivity contribution in [1.82, 2.24) is 4.90 Å². The molecule has 0 N–H and O–H groups in total. The molecular formula is C35H33F3N2O5. The molecule has 3 heterocycles. The molecule has 1 unspecified atom stereocenters. The van der Waals surface area contributed by atoms with Crippen molar-refractivity contribution in [3.63, 3.8) is 0 Å². The molecule has 7 rings (SSSR count). The van der Waals surface area contributed by atoms with Gasteiger partial charge in [0.1, 0.15) is 5.75 Å². The maximum Gasteiger partial charge on any atom is 0.416 e. The van der Waals surface area contributed by atoms with Crippen molar-refractivity contribution in [2.45, 2.75) is 56.8 Å². The lowest BCUT2D eigenvalue weighted by atomic mass is 9.66. The normalized spacial score (nSPS) is 28.5. The molecule has 1 amide bonds. The first-order valence-electron chi connectivity index (χ1n) is 15.0. The van der Waals surface area contributed by atoms with E-state index in [-0.39, 0.29) is 31.1 Å². The quantitative estimate of drug-likeness (QED) is 0.258. The summed E-state index contributed by atoms with van der Waals surface area (Å²) in [6.07, 6.45) is -2.26. The summed E-state index contributed by atoms with van der Waals surface area (Å²) in [5.74, 6) is 1.72. The molecule has 1 spiro atoms. The van der Waals surface area contributed by atoms with E-state index in [2.05, 4.69) is 13.5 Å². The van der Waals surface area contributed by atoms with Crippen LogP contribution in [-0.2, 0) is 22.3 Å². The third kappa shape index (κ3) is 4.69. The molecule has 3 aliphatic heterocycles. The first kappa shape index (κ1) is 29.4. The van der Waals surface area contributed by atoms with Gasteiger partial charge in [-0.2, -0.15) is 13.2 Å². The number of carbonyl (C=O) groups is 1. The summed E-state index contributed by atoms with van der Waals surface area (Å²) in [6.45, 7) is 6.50. The van der Waals surface area contributed by atoms with Crippen LogP contribution >= 0.6 is 0 Å². The molecule has 0 aromatic heterocycles. The number of allylic oxidation sites excluding steroid dienone is 1. The molecule has 10 heteroatoms. The van der Waals surface area contributed by atoms with Crippen molar-refractivity contribution in [3.8, 4) is 17.2 Å². The van der Waals surface area contributed by atoms with Gasteiger partial charge in [-0.15, -0.1) is 6.58 Å². The number of likely N-dealkylation sites (tertiary alicyclic amines) is 1. The van der Waals surface area contributed by atoms with Crippen LogP contribution in [-0.4, -0.2) is 36.1 Å². The highest BCUT2D eigenvalue weighted by molar-refractivity contribution is 6.03. The van der Waals surface area contributed by atoms with E-state index in [9.17, 15) is 18.0 Å². The van der Waals surface area contributed by atoms with E-state index in [1.807, 2.05) is 42.5 Å². The van der Waals surface area contributed by atoms with E-state index < -0.39 is 29.1 Å². The van der Waals surface area contributed by atoms with Crippen LogP contribution in [0.2, 0.25) is 0 Å². The molecule has 1 saturated carbocycles. The van der Waals surface area contributed by atoms with Gasteiger partial charge in [-0.05, 0) is 72.2 Å². The SMILES string of the molecule is C=CCC12C[C@@]3(O[C@H](c4ccc(C(F)(F)F)cc4)N=C3C[C@H](c3ccc(OC)cc3)[C@H]1C)N(Cc1ccc3c(c1)OCO3)C2=O. The number of rotatable bonds is 7. The topological polar surface area (TPSA) is 69.6 Å². The number of fused-ring (bicyclic) bond motifs is 2. The Balaban J connectivity index is 1.34. The minimum atomic E-state index is -4.46. The Labute approximate surface area is 259 Å². The number of amides is 1. The fourth-order valence-electron chi connectivity index (χ4n) is 7.52. The van der Waals surface area contributed by atoms with Crippen molar-refractivity contribution in [3.05, 3.63) is 102 Å². The standard InChI is InChI=1S/C35H33F3N2O5/c1-4-15-33-19-34(40(32(33)41)18-22-5-14-28-29(16-22)44-20-43-28)30(17-27(21(33)2)23-8-12-26(42-3)13-9-23)39-31(45-34)24-6-10-25(11-7-24)35(36,37)38/h4-14,16,21,27,31H,1,15,17-20H2,2-3H3/t21-,27+,31-,33?,34+/m1/s1. The van der Waals surface area contributed by atoms with Crippen molar-refractivity contribution in [1.29, 1.82) is 0 Å². The maximum absolute atomic E-state index is 14.9. The van der Waals surface area contributed by atoms with Crippen molar-refractivity contribution >= 4 is 11.6 Å². The van der Waals surface area contributed by atoms with Gasteiger partial charge in [-0.25, -0.2) is 0 Å². The molecule has 7 nitrogen and oxygen atoms in total. The molecule has 1 saturated heterocycles. The minimum Gasteiger partial charge on any atom is -0.497 e. The molecule has 2 fully saturated rings.